The highest BCUT2D eigenvalue weighted by Gasteiger charge is 2.47. The minimum atomic E-state index is 0.240. The molecule has 1 heteroatoms. The van der Waals surface area contributed by atoms with Crippen molar-refractivity contribution in [1.82, 2.24) is 0 Å². The topological polar surface area (TPSA) is 20.2 Å². The summed E-state index contributed by atoms with van der Waals surface area (Å²) in [5, 5.41) is 9.28. The molecule has 0 aromatic carbocycles. The number of aliphatic hydroxyl groups excluding tert-OH is 1. The van der Waals surface area contributed by atoms with Gasteiger partial charge in [-0.3, -0.25) is 0 Å². The predicted molar refractivity (Wildman–Crippen MR) is 68.2 cm³/mol. The smallest absolute Gasteiger partial charge is 0.0641 e. The Morgan fingerprint density at radius 1 is 1.44 bits per heavy atom. The summed E-state index contributed by atoms with van der Waals surface area (Å²) in [6.07, 6.45) is 8.02. The Kier molecular flexibility index (Phi) is 3.25. The highest BCUT2D eigenvalue weighted by molar-refractivity contribution is 5.16. The van der Waals surface area contributed by atoms with E-state index in [0.29, 0.717) is 5.41 Å². The van der Waals surface area contributed by atoms with Gasteiger partial charge in [-0.05, 0) is 54.9 Å². The van der Waals surface area contributed by atoms with Gasteiger partial charge in [-0.2, -0.15) is 0 Å². The Labute approximate surface area is 99.3 Å². The number of hydrogen-bond donors (Lipinski definition) is 1. The van der Waals surface area contributed by atoms with Gasteiger partial charge >= 0.3 is 0 Å². The Balaban J connectivity index is 2.11. The summed E-state index contributed by atoms with van der Waals surface area (Å²) in [6.45, 7) is 9.26. The normalized spacial score (nSPS) is 37.2. The van der Waals surface area contributed by atoms with Crippen molar-refractivity contribution in [2.45, 2.75) is 46.0 Å². The molecule has 0 radical (unpaired) electrons. The molecule has 2 rings (SSSR count). The van der Waals surface area contributed by atoms with Crippen LogP contribution in [0.5, 0.6) is 0 Å². The van der Waals surface area contributed by atoms with Gasteiger partial charge in [0.1, 0.15) is 0 Å². The first-order valence-corrected chi connectivity index (χ1v) is 6.51. The van der Waals surface area contributed by atoms with E-state index in [4.69, 9.17) is 0 Å². The molecule has 1 nitrogen and oxygen atoms in total. The van der Waals surface area contributed by atoms with Crippen molar-refractivity contribution in [2.75, 3.05) is 6.61 Å². The lowest BCUT2D eigenvalue weighted by molar-refractivity contribution is 0.00350. The third-order valence-corrected chi connectivity index (χ3v) is 4.64. The molecule has 2 aliphatic carbocycles. The van der Waals surface area contributed by atoms with Crippen LogP contribution in [0.15, 0.2) is 23.8 Å². The molecular weight excluding hydrogens is 196 g/mol. The summed E-state index contributed by atoms with van der Waals surface area (Å²) in [4.78, 5) is 0. The zero-order valence-electron chi connectivity index (χ0n) is 10.6. The van der Waals surface area contributed by atoms with E-state index in [-0.39, 0.29) is 6.61 Å². The second-order valence-corrected chi connectivity index (χ2v) is 6.16. The Morgan fingerprint density at radius 2 is 2.19 bits per heavy atom. The van der Waals surface area contributed by atoms with Gasteiger partial charge in [0.25, 0.3) is 0 Å². The number of rotatable bonds is 1. The molecule has 0 aliphatic heterocycles. The molecule has 1 fully saturated rings. The Hall–Kier alpha value is -0.560. The molecule has 1 N–H and O–H groups in total. The monoisotopic (exact) mass is 220 g/mol. The second kappa shape index (κ2) is 4.37. The van der Waals surface area contributed by atoms with E-state index in [2.05, 4.69) is 26.5 Å². The summed E-state index contributed by atoms with van der Waals surface area (Å²) in [6, 6.07) is 0. The quantitative estimate of drug-likeness (QED) is 0.668. The second-order valence-electron chi connectivity index (χ2n) is 6.16. The maximum atomic E-state index is 9.28. The first-order valence-electron chi connectivity index (χ1n) is 6.51. The fraction of sp³-hybridized carbons (Fsp3) is 0.733. The van der Waals surface area contributed by atoms with E-state index >= 15 is 0 Å². The van der Waals surface area contributed by atoms with Crippen LogP contribution >= 0.6 is 0 Å². The van der Waals surface area contributed by atoms with Crippen molar-refractivity contribution in [3.63, 3.8) is 0 Å². The molecule has 16 heavy (non-hydrogen) atoms. The van der Waals surface area contributed by atoms with E-state index < -0.39 is 0 Å². The maximum absolute atomic E-state index is 9.28. The van der Waals surface area contributed by atoms with Gasteiger partial charge in [0.15, 0.2) is 0 Å². The Morgan fingerprint density at radius 3 is 2.81 bits per heavy atom. The zero-order chi connectivity index (χ0) is 11.8. The fourth-order valence-electron chi connectivity index (χ4n) is 3.50. The highest BCUT2D eigenvalue weighted by atomic mass is 16.3. The van der Waals surface area contributed by atoms with Crippen LogP contribution in [-0.4, -0.2) is 11.7 Å². The molecular formula is C15H24O. The molecule has 0 aromatic heterocycles. The van der Waals surface area contributed by atoms with Crippen molar-refractivity contribution in [3.8, 4) is 0 Å². The minimum Gasteiger partial charge on any atom is -0.392 e. The number of hydrogen-bond acceptors (Lipinski definition) is 1. The summed E-state index contributed by atoms with van der Waals surface area (Å²) < 4.78 is 0. The average Bonchev–Trinajstić information content (AvgIpc) is 2.28. The summed E-state index contributed by atoms with van der Waals surface area (Å²) in [5.74, 6) is 1.54. The first kappa shape index (κ1) is 11.9. The molecule has 0 bridgehead atoms. The summed E-state index contributed by atoms with van der Waals surface area (Å²) in [5.41, 5.74) is 3.16. The van der Waals surface area contributed by atoms with Gasteiger partial charge in [0.05, 0.1) is 6.61 Å². The van der Waals surface area contributed by atoms with E-state index in [1.807, 2.05) is 0 Å². The third-order valence-electron chi connectivity index (χ3n) is 4.64. The van der Waals surface area contributed by atoms with Crippen molar-refractivity contribution in [2.24, 2.45) is 17.3 Å². The highest BCUT2D eigenvalue weighted by Crippen LogP contribution is 2.56. The molecule has 0 unspecified atom stereocenters. The van der Waals surface area contributed by atoms with Crippen molar-refractivity contribution < 1.29 is 5.11 Å². The van der Waals surface area contributed by atoms with Crippen LogP contribution in [-0.2, 0) is 0 Å². The molecule has 2 aliphatic rings. The van der Waals surface area contributed by atoms with E-state index in [1.54, 1.807) is 0 Å². The molecule has 90 valence electrons. The van der Waals surface area contributed by atoms with Crippen LogP contribution in [0.4, 0.5) is 0 Å². The van der Waals surface area contributed by atoms with Crippen molar-refractivity contribution >= 4 is 0 Å². The number of allylic oxidation sites excluding steroid dienone is 2. The molecule has 0 amide bonds. The number of aliphatic hydroxyl groups is 1. The zero-order valence-corrected chi connectivity index (χ0v) is 10.6. The summed E-state index contributed by atoms with van der Waals surface area (Å²) in [7, 11) is 0. The molecule has 0 heterocycles. The van der Waals surface area contributed by atoms with Crippen LogP contribution in [0.1, 0.15) is 46.0 Å². The van der Waals surface area contributed by atoms with Crippen LogP contribution in [0.3, 0.4) is 0 Å². The lowest BCUT2D eigenvalue weighted by Gasteiger charge is -2.53. The third kappa shape index (κ3) is 2.10. The SMILES string of the molecule is C=C1CC/C=C(\CO)CC[C@H]2[C@@H]1CC2(C)C. The van der Waals surface area contributed by atoms with Crippen LogP contribution in [0.25, 0.3) is 0 Å². The standard InChI is InChI=1S/C15H24O/c1-11-5-4-6-12(10-16)7-8-14-13(11)9-15(14,2)3/h6,13-14,16H,1,4-5,7-10H2,2-3H3/b12-6-/t13-,14+/m1/s1. The van der Waals surface area contributed by atoms with Gasteiger partial charge < -0.3 is 5.11 Å². The van der Waals surface area contributed by atoms with Gasteiger partial charge in [-0.25, -0.2) is 0 Å². The van der Waals surface area contributed by atoms with Gasteiger partial charge in [0, 0.05) is 0 Å². The van der Waals surface area contributed by atoms with Crippen LogP contribution in [0, 0.1) is 17.3 Å². The molecule has 0 spiro atoms. The van der Waals surface area contributed by atoms with E-state index in [9.17, 15) is 5.11 Å². The van der Waals surface area contributed by atoms with Gasteiger partial charge in [0.2, 0.25) is 0 Å². The molecule has 0 aromatic rings. The summed E-state index contributed by atoms with van der Waals surface area (Å²) >= 11 is 0. The minimum absolute atomic E-state index is 0.240. The molecule has 2 atom stereocenters. The lowest BCUT2D eigenvalue weighted by atomic mass is 9.52. The fourth-order valence-corrected chi connectivity index (χ4v) is 3.50. The van der Waals surface area contributed by atoms with E-state index in [1.165, 1.54) is 24.0 Å². The van der Waals surface area contributed by atoms with Crippen molar-refractivity contribution in [1.29, 1.82) is 0 Å². The largest absolute Gasteiger partial charge is 0.392 e. The number of fused-ring (bicyclic) bond motifs is 1. The van der Waals surface area contributed by atoms with Gasteiger partial charge in [-0.15, -0.1) is 0 Å². The molecule has 1 saturated carbocycles. The van der Waals surface area contributed by atoms with Crippen LogP contribution in [0.2, 0.25) is 0 Å². The van der Waals surface area contributed by atoms with Gasteiger partial charge in [-0.1, -0.05) is 32.1 Å². The van der Waals surface area contributed by atoms with Crippen molar-refractivity contribution in [3.05, 3.63) is 23.8 Å². The average molecular weight is 220 g/mol. The maximum Gasteiger partial charge on any atom is 0.0641 e. The Bertz CT molecular complexity index is 311. The predicted octanol–water partition coefficient (Wildman–Crippen LogP) is 3.70. The molecule has 0 saturated heterocycles. The first-order chi connectivity index (χ1) is 7.54. The van der Waals surface area contributed by atoms with E-state index in [0.717, 1.165) is 31.1 Å². The van der Waals surface area contributed by atoms with Crippen LogP contribution < -0.4 is 0 Å². The lowest BCUT2D eigenvalue weighted by Crippen LogP contribution is -2.44.